The number of nitrogens with one attached hydrogen (secondary N) is 1. The number of H-pyrrole nitrogens is 1. The van der Waals surface area contributed by atoms with Crippen LogP contribution in [0.2, 0.25) is 10.0 Å². The summed E-state index contributed by atoms with van der Waals surface area (Å²) in [6, 6.07) is 3.36. The molecule has 0 aliphatic rings. The molecular formula is C14H12Cl2N4O. The molecule has 2 aromatic heterocycles. The molecule has 3 aromatic rings. The van der Waals surface area contributed by atoms with Crippen molar-refractivity contribution in [3.05, 3.63) is 33.9 Å². The Morgan fingerprint density at radius 2 is 1.95 bits per heavy atom. The van der Waals surface area contributed by atoms with Gasteiger partial charge in [-0.25, -0.2) is 9.97 Å². The monoisotopic (exact) mass is 322 g/mol. The van der Waals surface area contributed by atoms with Crippen LogP contribution in [0.3, 0.4) is 0 Å². The van der Waals surface area contributed by atoms with Crippen LogP contribution in [-0.2, 0) is 0 Å². The number of hydrogen-bond acceptors (Lipinski definition) is 4. The molecule has 21 heavy (non-hydrogen) atoms. The van der Waals surface area contributed by atoms with E-state index in [1.807, 2.05) is 13.1 Å². The maximum Gasteiger partial charge on any atom is 0.221 e. The van der Waals surface area contributed by atoms with Crippen molar-refractivity contribution >= 4 is 40.2 Å². The first kappa shape index (κ1) is 14.0. The largest absolute Gasteiger partial charge is 0.495 e. The van der Waals surface area contributed by atoms with Gasteiger partial charge in [-0.2, -0.15) is 0 Å². The number of nitrogens with two attached hydrogens (primary N) is 1. The minimum Gasteiger partial charge on any atom is -0.495 e. The van der Waals surface area contributed by atoms with Crippen LogP contribution in [0.15, 0.2) is 18.3 Å². The third-order valence-corrected chi connectivity index (χ3v) is 3.84. The van der Waals surface area contributed by atoms with Crippen molar-refractivity contribution < 1.29 is 4.74 Å². The second kappa shape index (κ2) is 5.09. The first-order valence-corrected chi connectivity index (χ1v) is 6.91. The summed E-state index contributed by atoms with van der Waals surface area (Å²) in [5.74, 6) is 0.704. The summed E-state index contributed by atoms with van der Waals surface area (Å²) in [6.07, 6.45) is 1.85. The van der Waals surface area contributed by atoms with Gasteiger partial charge < -0.3 is 15.5 Å². The van der Waals surface area contributed by atoms with Gasteiger partial charge in [0.2, 0.25) is 5.95 Å². The number of halogens is 2. The zero-order valence-corrected chi connectivity index (χ0v) is 12.9. The fourth-order valence-electron chi connectivity index (χ4n) is 2.21. The van der Waals surface area contributed by atoms with Gasteiger partial charge in [0.05, 0.1) is 28.2 Å². The molecule has 0 unspecified atom stereocenters. The summed E-state index contributed by atoms with van der Waals surface area (Å²) in [4.78, 5) is 11.7. The fourth-order valence-corrected chi connectivity index (χ4v) is 2.76. The molecule has 3 N–H and O–H groups in total. The number of nitrogens with zero attached hydrogens (tertiary/aromatic N) is 2. The summed E-state index contributed by atoms with van der Waals surface area (Å²) in [5.41, 5.74) is 9.62. The third kappa shape index (κ3) is 2.28. The van der Waals surface area contributed by atoms with Crippen molar-refractivity contribution in [3.63, 3.8) is 0 Å². The Bertz CT molecular complexity index is 845. The van der Waals surface area contributed by atoms with Gasteiger partial charge in [0, 0.05) is 11.8 Å². The van der Waals surface area contributed by atoms with Crippen LogP contribution >= 0.6 is 23.2 Å². The summed E-state index contributed by atoms with van der Waals surface area (Å²) in [7, 11) is 1.54. The van der Waals surface area contributed by atoms with Gasteiger partial charge in [-0.1, -0.05) is 23.2 Å². The second-order valence-corrected chi connectivity index (χ2v) is 5.41. The molecule has 0 atom stereocenters. The van der Waals surface area contributed by atoms with E-state index in [2.05, 4.69) is 15.0 Å². The normalized spacial score (nSPS) is 11.0. The van der Waals surface area contributed by atoms with Crippen LogP contribution < -0.4 is 10.5 Å². The summed E-state index contributed by atoms with van der Waals surface area (Å²) >= 11 is 12.4. The van der Waals surface area contributed by atoms with E-state index in [-0.39, 0.29) is 5.95 Å². The quantitative estimate of drug-likeness (QED) is 0.751. The number of hydrogen-bond donors (Lipinski definition) is 2. The third-order valence-electron chi connectivity index (χ3n) is 3.23. The summed E-state index contributed by atoms with van der Waals surface area (Å²) < 4.78 is 5.23. The van der Waals surface area contributed by atoms with Crippen molar-refractivity contribution in [2.75, 3.05) is 12.8 Å². The van der Waals surface area contributed by atoms with E-state index in [1.165, 1.54) is 0 Å². The molecule has 3 rings (SSSR count). The number of ether oxygens (including phenoxy) is 1. The molecular weight excluding hydrogens is 311 g/mol. The second-order valence-electron chi connectivity index (χ2n) is 4.59. The highest BCUT2D eigenvalue weighted by Crippen LogP contribution is 2.38. The van der Waals surface area contributed by atoms with Crippen LogP contribution in [0.1, 0.15) is 5.56 Å². The fraction of sp³-hybridized carbons (Fsp3) is 0.143. The molecule has 0 aliphatic carbocycles. The molecule has 0 bridgehead atoms. The highest BCUT2D eigenvalue weighted by atomic mass is 35.5. The number of rotatable bonds is 2. The van der Waals surface area contributed by atoms with Crippen LogP contribution in [0.5, 0.6) is 5.75 Å². The van der Waals surface area contributed by atoms with Gasteiger partial charge in [0.25, 0.3) is 0 Å². The molecule has 0 saturated heterocycles. The van der Waals surface area contributed by atoms with Crippen molar-refractivity contribution in [3.8, 4) is 17.0 Å². The first-order chi connectivity index (χ1) is 10.0. The van der Waals surface area contributed by atoms with Crippen LogP contribution in [0.4, 0.5) is 5.95 Å². The predicted octanol–water partition coefficient (Wildman–Crippen LogP) is 3.83. The molecule has 0 saturated carbocycles. The topological polar surface area (TPSA) is 76.8 Å². The summed E-state index contributed by atoms with van der Waals surface area (Å²) in [5, 5.41) is 0.902. The average molecular weight is 323 g/mol. The number of fused-ring (bicyclic) bond motifs is 1. The van der Waals surface area contributed by atoms with E-state index < -0.39 is 0 Å². The lowest BCUT2D eigenvalue weighted by Gasteiger charge is -2.10. The van der Waals surface area contributed by atoms with E-state index in [4.69, 9.17) is 33.7 Å². The van der Waals surface area contributed by atoms with E-state index in [1.54, 1.807) is 19.2 Å². The zero-order chi connectivity index (χ0) is 15.1. The van der Waals surface area contributed by atoms with Gasteiger partial charge in [-0.15, -0.1) is 0 Å². The average Bonchev–Trinajstić information content (AvgIpc) is 2.80. The standard InChI is InChI=1S/C14H12Cl2N4O/c1-6-5-18-13-11(6)19-14(17)20-12(13)7-3-10(21-2)9(16)4-8(7)15/h3-5,18H,1-2H3,(H2,17,19,20). The molecule has 0 aliphatic heterocycles. The highest BCUT2D eigenvalue weighted by Gasteiger charge is 2.16. The zero-order valence-electron chi connectivity index (χ0n) is 11.4. The number of benzene rings is 1. The lowest BCUT2D eigenvalue weighted by atomic mass is 10.1. The van der Waals surface area contributed by atoms with E-state index >= 15 is 0 Å². The smallest absolute Gasteiger partial charge is 0.221 e. The van der Waals surface area contributed by atoms with Crippen LogP contribution in [0.25, 0.3) is 22.3 Å². The molecule has 0 fully saturated rings. The molecule has 1 aromatic carbocycles. The maximum atomic E-state index is 6.30. The first-order valence-electron chi connectivity index (χ1n) is 6.16. The van der Waals surface area contributed by atoms with E-state index in [0.717, 1.165) is 16.6 Å². The Morgan fingerprint density at radius 1 is 1.19 bits per heavy atom. The minimum absolute atomic E-state index is 0.185. The molecule has 0 radical (unpaired) electrons. The van der Waals surface area contributed by atoms with Gasteiger partial charge in [-0.05, 0) is 24.6 Å². The highest BCUT2D eigenvalue weighted by molar-refractivity contribution is 6.37. The van der Waals surface area contributed by atoms with E-state index in [0.29, 0.717) is 27.1 Å². The number of aromatic amines is 1. The lowest BCUT2D eigenvalue weighted by molar-refractivity contribution is 0.415. The van der Waals surface area contributed by atoms with Crippen molar-refractivity contribution in [1.82, 2.24) is 15.0 Å². The summed E-state index contributed by atoms with van der Waals surface area (Å²) in [6.45, 7) is 1.94. The van der Waals surface area contributed by atoms with Gasteiger partial charge >= 0.3 is 0 Å². The van der Waals surface area contributed by atoms with Gasteiger partial charge in [0.1, 0.15) is 11.4 Å². The SMILES string of the molecule is COc1cc(-c2nc(N)nc3c(C)c[nH]c23)c(Cl)cc1Cl. The van der Waals surface area contributed by atoms with Crippen LogP contribution in [-0.4, -0.2) is 22.1 Å². The number of nitrogen functional groups attached to an aromatic ring is 1. The Morgan fingerprint density at radius 3 is 2.67 bits per heavy atom. The Balaban J connectivity index is 2.35. The minimum atomic E-state index is 0.185. The van der Waals surface area contributed by atoms with Crippen LogP contribution in [0, 0.1) is 6.92 Å². The molecule has 7 heteroatoms. The number of anilines is 1. The molecule has 108 valence electrons. The molecule has 0 spiro atoms. The number of aryl methyl sites for hydroxylation is 1. The molecule has 0 amide bonds. The molecule has 5 nitrogen and oxygen atoms in total. The van der Waals surface area contributed by atoms with Crippen molar-refractivity contribution in [2.45, 2.75) is 6.92 Å². The molecule has 2 heterocycles. The van der Waals surface area contributed by atoms with E-state index in [9.17, 15) is 0 Å². The van der Waals surface area contributed by atoms with Crippen molar-refractivity contribution in [2.24, 2.45) is 0 Å². The predicted molar refractivity (Wildman–Crippen MR) is 85.0 cm³/mol. The van der Waals surface area contributed by atoms with Gasteiger partial charge in [-0.3, -0.25) is 0 Å². The Kier molecular flexibility index (Phi) is 3.39. The Labute approximate surface area is 131 Å². The number of methoxy groups -OCH3 is 1. The maximum absolute atomic E-state index is 6.30. The Hall–Kier alpha value is -1.98. The van der Waals surface area contributed by atoms with Crippen molar-refractivity contribution in [1.29, 1.82) is 0 Å². The lowest BCUT2D eigenvalue weighted by Crippen LogP contribution is -1.98. The van der Waals surface area contributed by atoms with Gasteiger partial charge in [0.15, 0.2) is 0 Å². The number of aromatic nitrogens is 3.